The third kappa shape index (κ3) is 5.09. The maximum absolute atomic E-state index is 5.45. The molecule has 0 spiro atoms. The van der Waals surface area contributed by atoms with Crippen LogP contribution in [0.1, 0.15) is 68.9 Å². The van der Waals surface area contributed by atoms with E-state index in [1.807, 2.05) is 0 Å². The number of rotatable bonds is 7. The monoisotopic (exact) mass is 375 g/mol. The van der Waals surface area contributed by atoms with E-state index in [9.17, 15) is 0 Å². The van der Waals surface area contributed by atoms with E-state index in [0.717, 1.165) is 51.1 Å². The average Bonchev–Trinajstić information content (AvgIpc) is 3.34. The second kappa shape index (κ2) is 9.48. The smallest absolute Gasteiger partial charge is 0.146 e. The van der Waals surface area contributed by atoms with Gasteiger partial charge in [-0.15, -0.1) is 10.2 Å². The van der Waals surface area contributed by atoms with Crippen molar-refractivity contribution in [1.82, 2.24) is 24.6 Å². The lowest BCUT2D eigenvalue weighted by atomic mass is 9.96. The maximum Gasteiger partial charge on any atom is 0.146 e. The number of hydrogen-bond acceptors (Lipinski definition) is 5. The van der Waals surface area contributed by atoms with Gasteiger partial charge in [0.25, 0.3) is 0 Å². The van der Waals surface area contributed by atoms with Gasteiger partial charge in [0, 0.05) is 32.6 Å². The highest BCUT2D eigenvalue weighted by Gasteiger charge is 2.26. The molecule has 2 aliphatic heterocycles. The lowest BCUT2D eigenvalue weighted by Crippen LogP contribution is -2.37. The Morgan fingerprint density at radius 3 is 2.59 bits per heavy atom. The molecule has 0 amide bonds. The van der Waals surface area contributed by atoms with Crippen LogP contribution in [0.3, 0.4) is 0 Å². The minimum absolute atomic E-state index is 0.543. The third-order valence-corrected chi connectivity index (χ3v) is 6.90. The number of aromatic nitrogens is 3. The zero-order valence-corrected chi connectivity index (χ0v) is 17.1. The SMILES string of the molecule is Cn1c(CN2CCOCC2)nnc1[C@@H]1CCCN(CCCC2CCCC2)C1. The highest BCUT2D eigenvalue weighted by molar-refractivity contribution is 5.04. The van der Waals surface area contributed by atoms with Crippen molar-refractivity contribution >= 4 is 0 Å². The van der Waals surface area contributed by atoms with Gasteiger partial charge in [0.15, 0.2) is 0 Å². The molecule has 6 heteroatoms. The van der Waals surface area contributed by atoms with Gasteiger partial charge in [-0.1, -0.05) is 25.7 Å². The van der Waals surface area contributed by atoms with Crippen molar-refractivity contribution in [2.45, 2.75) is 63.8 Å². The number of piperidine rings is 1. The van der Waals surface area contributed by atoms with E-state index in [-0.39, 0.29) is 0 Å². The van der Waals surface area contributed by atoms with E-state index in [0.29, 0.717) is 5.92 Å². The molecule has 1 saturated carbocycles. The molecule has 1 aliphatic carbocycles. The lowest BCUT2D eigenvalue weighted by Gasteiger charge is -2.32. The van der Waals surface area contributed by atoms with Crippen LogP contribution in [0.25, 0.3) is 0 Å². The number of likely N-dealkylation sites (tertiary alicyclic amines) is 1. The largest absolute Gasteiger partial charge is 0.379 e. The average molecular weight is 376 g/mol. The van der Waals surface area contributed by atoms with Crippen molar-refractivity contribution in [3.05, 3.63) is 11.6 Å². The van der Waals surface area contributed by atoms with Crippen LogP contribution in [-0.2, 0) is 18.3 Å². The molecular formula is C21H37N5O. The molecule has 0 N–H and O–H groups in total. The Morgan fingerprint density at radius 1 is 0.963 bits per heavy atom. The second-order valence-corrected chi connectivity index (χ2v) is 8.85. The lowest BCUT2D eigenvalue weighted by molar-refractivity contribution is 0.0326. The molecule has 152 valence electrons. The molecule has 2 saturated heterocycles. The molecule has 4 rings (SSSR count). The van der Waals surface area contributed by atoms with Gasteiger partial charge in [-0.05, 0) is 44.7 Å². The van der Waals surface area contributed by atoms with Crippen LogP contribution >= 0.6 is 0 Å². The molecule has 1 atom stereocenters. The molecule has 3 fully saturated rings. The summed E-state index contributed by atoms with van der Waals surface area (Å²) >= 11 is 0. The minimum atomic E-state index is 0.543. The van der Waals surface area contributed by atoms with Crippen LogP contribution in [-0.4, -0.2) is 70.5 Å². The summed E-state index contributed by atoms with van der Waals surface area (Å²) in [5.74, 6) is 3.86. The molecule has 0 bridgehead atoms. The summed E-state index contributed by atoms with van der Waals surface area (Å²) < 4.78 is 7.72. The number of nitrogens with zero attached hydrogens (tertiary/aromatic N) is 5. The predicted octanol–water partition coefficient (Wildman–Crippen LogP) is 2.80. The molecule has 1 aromatic rings. The first kappa shape index (κ1) is 19.3. The fraction of sp³-hybridized carbons (Fsp3) is 0.905. The Kier molecular flexibility index (Phi) is 6.79. The van der Waals surface area contributed by atoms with Gasteiger partial charge in [0.2, 0.25) is 0 Å². The van der Waals surface area contributed by atoms with Crippen LogP contribution in [0.2, 0.25) is 0 Å². The molecule has 3 heterocycles. The topological polar surface area (TPSA) is 46.4 Å². The van der Waals surface area contributed by atoms with Crippen LogP contribution < -0.4 is 0 Å². The summed E-state index contributed by atoms with van der Waals surface area (Å²) in [5.41, 5.74) is 0. The Balaban J connectivity index is 1.28. The van der Waals surface area contributed by atoms with Crippen LogP contribution in [0.5, 0.6) is 0 Å². The summed E-state index contributed by atoms with van der Waals surface area (Å²) in [7, 11) is 2.16. The van der Waals surface area contributed by atoms with Crippen molar-refractivity contribution in [3.8, 4) is 0 Å². The minimum Gasteiger partial charge on any atom is -0.379 e. The molecule has 27 heavy (non-hydrogen) atoms. The Hall–Kier alpha value is -0.980. The van der Waals surface area contributed by atoms with Crippen molar-refractivity contribution < 1.29 is 4.74 Å². The first-order valence-electron chi connectivity index (χ1n) is 11.2. The standard InChI is InChI=1S/C21H37N5O/c1-24-20(17-26-12-14-27-15-13-26)22-23-21(24)19-9-5-11-25(16-19)10-4-8-18-6-2-3-7-18/h18-19H,2-17H2,1H3/t19-/m1/s1. The summed E-state index contributed by atoms with van der Waals surface area (Å²) in [6.45, 7) is 8.26. The molecule has 3 aliphatic rings. The Labute approximate surface area is 164 Å². The maximum atomic E-state index is 5.45. The van der Waals surface area contributed by atoms with Gasteiger partial charge in [-0.25, -0.2) is 0 Å². The molecule has 6 nitrogen and oxygen atoms in total. The van der Waals surface area contributed by atoms with Crippen molar-refractivity contribution in [2.75, 3.05) is 45.9 Å². The van der Waals surface area contributed by atoms with Gasteiger partial charge >= 0.3 is 0 Å². The first-order valence-corrected chi connectivity index (χ1v) is 11.2. The van der Waals surface area contributed by atoms with Gasteiger partial charge in [0.1, 0.15) is 11.6 Å². The Morgan fingerprint density at radius 2 is 1.78 bits per heavy atom. The van der Waals surface area contributed by atoms with E-state index in [2.05, 4.69) is 31.6 Å². The van der Waals surface area contributed by atoms with E-state index < -0.39 is 0 Å². The molecule has 1 aromatic heterocycles. The summed E-state index contributed by atoms with van der Waals surface area (Å²) in [6, 6.07) is 0. The fourth-order valence-electron chi connectivity index (χ4n) is 5.20. The van der Waals surface area contributed by atoms with Crippen LogP contribution in [0.4, 0.5) is 0 Å². The number of morpholine rings is 1. The summed E-state index contributed by atoms with van der Waals surface area (Å²) in [5, 5.41) is 9.15. The molecule has 0 radical (unpaired) electrons. The molecule has 0 unspecified atom stereocenters. The second-order valence-electron chi connectivity index (χ2n) is 8.85. The van der Waals surface area contributed by atoms with Crippen molar-refractivity contribution in [1.29, 1.82) is 0 Å². The van der Waals surface area contributed by atoms with Gasteiger partial charge < -0.3 is 14.2 Å². The zero-order valence-electron chi connectivity index (χ0n) is 17.1. The summed E-state index contributed by atoms with van der Waals surface area (Å²) in [4.78, 5) is 5.10. The fourth-order valence-corrected chi connectivity index (χ4v) is 5.20. The van der Waals surface area contributed by atoms with E-state index in [1.54, 1.807) is 0 Å². The quantitative estimate of drug-likeness (QED) is 0.733. The zero-order chi connectivity index (χ0) is 18.5. The predicted molar refractivity (Wildman–Crippen MR) is 107 cm³/mol. The number of ether oxygens (including phenoxy) is 1. The summed E-state index contributed by atoms with van der Waals surface area (Å²) in [6.07, 6.45) is 11.3. The van der Waals surface area contributed by atoms with Crippen molar-refractivity contribution in [2.24, 2.45) is 13.0 Å². The van der Waals surface area contributed by atoms with Crippen molar-refractivity contribution in [3.63, 3.8) is 0 Å². The third-order valence-electron chi connectivity index (χ3n) is 6.90. The van der Waals surface area contributed by atoms with E-state index >= 15 is 0 Å². The molecule has 0 aromatic carbocycles. The first-order chi connectivity index (χ1) is 13.3. The van der Waals surface area contributed by atoms with E-state index in [1.165, 1.54) is 70.3 Å². The highest BCUT2D eigenvalue weighted by atomic mass is 16.5. The van der Waals surface area contributed by atoms with Crippen LogP contribution in [0.15, 0.2) is 0 Å². The van der Waals surface area contributed by atoms with Gasteiger partial charge in [-0.2, -0.15) is 0 Å². The normalized spacial score (nSPS) is 26.0. The van der Waals surface area contributed by atoms with E-state index in [4.69, 9.17) is 4.74 Å². The van der Waals surface area contributed by atoms with Gasteiger partial charge in [-0.3, -0.25) is 4.90 Å². The van der Waals surface area contributed by atoms with Gasteiger partial charge in [0.05, 0.1) is 19.8 Å². The Bertz CT molecular complexity index is 577. The molecular weight excluding hydrogens is 338 g/mol. The number of hydrogen-bond donors (Lipinski definition) is 0. The highest BCUT2D eigenvalue weighted by Crippen LogP contribution is 2.30. The van der Waals surface area contributed by atoms with Crippen LogP contribution in [0, 0.1) is 5.92 Å².